The molecule has 2 aromatic heterocycles. The first-order valence-electron chi connectivity index (χ1n) is 18.6. The van der Waals surface area contributed by atoms with Gasteiger partial charge >= 0.3 is 0 Å². The van der Waals surface area contributed by atoms with Crippen LogP contribution in [0.3, 0.4) is 0 Å². The number of hydrogen-bond acceptors (Lipinski definition) is 4. The van der Waals surface area contributed by atoms with Crippen LogP contribution in [0, 0.1) is 0 Å². The van der Waals surface area contributed by atoms with Gasteiger partial charge in [-0.15, -0.1) is 0 Å². The molecule has 4 heteroatoms. The molecule has 262 valence electrons. The predicted molar refractivity (Wildman–Crippen MR) is 229 cm³/mol. The zero-order chi connectivity index (χ0) is 36.9. The van der Waals surface area contributed by atoms with Crippen molar-refractivity contribution in [3.05, 3.63) is 198 Å². The molecule has 0 atom stereocenters. The van der Waals surface area contributed by atoms with Crippen LogP contribution in [0.1, 0.15) is 18.1 Å². The van der Waals surface area contributed by atoms with E-state index in [2.05, 4.69) is 158 Å². The second-order valence-corrected chi connectivity index (χ2v) is 13.9. The second kappa shape index (κ2) is 13.4. The third-order valence-corrected chi connectivity index (χ3v) is 10.6. The molecule has 1 aliphatic rings. The van der Waals surface area contributed by atoms with Crippen LogP contribution in [0.5, 0.6) is 0 Å². The molecule has 7 aromatic carbocycles. The number of nitrogens with zero attached hydrogens (tertiary/aromatic N) is 2. The fraction of sp³-hybridized carbons (Fsp3) is 0.0392. The predicted octanol–water partition coefficient (Wildman–Crippen LogP) is 11.7. The van der Waals surface area contributed by atoms with Crippen LogP contribution in [-0.2, 0) is 0 Å². The molecular weight excluding hydrogens is 673 g/mol. The molecule has 3 heterocycles. The fourth-order valence-corrected chi connectivity index (χ4v) is 7.83. The molecule has 4 nitrogen and oxygen atoms in total. The lowest BCUT2D eigenvalue weighted by molar-refractivity contribution is 0.575. The number of hydrogen-bond donors (Lipinski definition) is 0. The molecule has 10 rings (SSSR count). The summed E-state index contributed by atoms with van der Waals surface area (Å²) >= 11 is 0. The number of furan rings is 2. The third kappa shape index (κ3) is 5.67. The van der Waals surface area contributed by atoms with Crippen molar-refractivity contribution in [2.75, 3.05) is 11.9 Å². The summed E-state index contributed by atoms with van der Waals surface area (Å²) in [4.78, 5) is 7.68. The van der Waals surface area contributed by atoms with Crippen molar-refractivity contribution < 1.29 is 8.83 Å². The Morgan fingerprint density at radius 3 is 1.85 bits per heavy atom. The van der Waals surface area contributed by atoms with Crippen molar-refractivity contribution in [3.8, 4) is 33.4 Å². The number of para-hydroxylation sites is 2. The zero-order valence-electron chi connectivity index (χ0n) is 30.5. The minimum absolute atomic E-state index is 0.767. The van der Waals surface area contributed by atoms with Gasteiger partial charge in [-0.25, -0.2) is 4.99 Å². The number of allylic oxidation sites excluding steroid dienone is 2. The summed E-state index contributed by atoms with van der Waals surface area (Å²) in [5, 5.41) is 4.21. The molecule has 0 spiro atoms. The lowest BCUT2D eigenvalue weighted by atomic mass is 9.96. The first-order chi connectivity index (χ1) is 27.1. The van der Waals surface area contributed by atoms with Crippen LogP contribution in [0.15, 0.2) is 190 Å². The molecule has 0 saturated heterocycles. The maximum Gasteiger partial charge on any atom is 0.145 e. The number of anilines is 1. The minimum atomic E-state index is 0.767. The van der Waals surface area contributed by atoms with Gasteiger partial charge in [0.05, 0.1) is 16.6 Å². The normalized spacial score (nSPS) is 14.3. The van der Waals surface area contributed by atoms with Gasteiger partial charge in [0.15, 0.2) is 0 Å². The Labute approximate surface area is 318 Å². The summed E-state index contributed by atoms with van der Waals surface area (Å²) in [6.07, 6.45) is 6.08. The Kier molecular flexibility index (Phi) is 7.88. The lowest BCUT2D eigenvalue weighted by Crippen LogP contribution is -2.33. The highest BCUT2D eigenvalue weighted by atomic mass is 16.3. The highest BCUT2D eigenvalue weighted by Crippen LogP contribution is 2.35. The molecule has 0 amide bonds. The molecule has 55 heavy (non-hydrogen) atoms. The summed E-state index contributed by atoms with van der Waals surface area (Å²) in [6, 6.07) is 57.6. The van der Waals surface area contributed by atoms with Gasteiger partial charge in [0.1, 0.15) is 28.0 Å². The Hall–Kier alpha value is -7.17. The second-order valence-electron chi connectivity index (χ2n) is 13.9. The molecular formula is C51H36N2O2. The summed E-state index contributed by atoms with van der Waals surface area (Å²) in [5.41, 5.74) is 14.4. The molecule has 9 aromatic rings. The van der Waals surface area contributed by atoms with Gasteiger partial charge in [-0.3, -0.25) is 0 Å². The molecule has 0 bridgehead atoms. The largest absolute Gasteiger partial charge is 0.456 e. The average Bonchev–Trinajstić information content (AvgIpc) is 3.81. The Morgan fingerprint density at radius 2 is 1.07 bits per heavy atom. The van der Waals surface area contributed by atoms with E-state index < -0.39 is 0 Å². The van der Waals surface area contributed by atoms with Crippen molar-refractivity contribution in [3.63, 3.8) is 0 Å². The minimum Gasteiger partial charge on any atom is -0.456 e. The average molecular weight is 709 g/mol. The van der Waals surface area contributed by atoms with E-state index in [0.717, 1.165) is 94.1 Å². The smallest absolute Gasteiger partial charge is 0.145 e. The van der Waals surface area contributed by atoms with E-state index in [1.165, 1.54) is 11.1 Å². The quantitative estimate of drug-likeness (QED) is 0.179. The standard InChI is InChI=1S/C51H36N2O2/c1-3-4-20-48-49(51-52-50(41-18-8-10-19-44(41)53(51)2)35-24-22-34(23-25-35)33-13-6-5-7-14-33)43-32-39(27-29-47(43)55-48)37-16-12-15-36(30-37)38-26-28-46-42(31-38)40-17-9-11-21-45(40)54-46/h3-32H,1-2H3/b4-3-,48-20+,51-49-. The monoisotopic (exact) mass is 708 g/mol. The van der Waals surface area contributed by atoms with Crippen molar-refractivity contribution in [2.45, 2.75) is 6.92 Å². The van der Waals surface area contributed by atoms with Gasteiger partial charge in [-0.2, -0.15) is 0 Å². The van der Waals surface area contributed by atoms with E-state index >= 15 is 0 Å². The summed E-state index contributed by atoms with van der Waals surface area (Å²) in [7, 11) is 2.10. The SMILES string of the molecule is C\C=C/C=c1/oc2ccc(-c3cccc(-c4ccc5oc6ccccc6c5c4)c3)cc2/c1=C1\N=C(c2ccc(-c3ccccc3)cc2)c2ccccc2N1C. The highest BCUT2D eigenvalue weighted by molar-refractivity contribution is 6.20. The Morgan fingerprint density at radius 1 is 0.491 bits per heavy atom. The van der Waals surface area contributed by atoms with E-state index in [4.69, 9.17) is 13.8 Å². The summed E-state index contributed by atoms with van der Waals surface area (Å²) in [6.45, 7) is 2.02. The first-order valence-corrected chi connectivity index (χ1v) is 18.6. The first kappa shape index (κ1) is 32.5. The molecule has 1 aliphatic heterocycles. The fourth-order valence-electron chi connectivity index (χ4n) is 7.83. The van der Waals surface area contributed by atoms with Gasteiger partial charge in [0, 0.05) is 34.3 Å². The number of benzene rings is 7. The molecule has 0 aliphatic carbocycles. The van der Waals surface area contributed by atoms with Crippen LogP contribution < -0.4 is 15.5 Å². The molecule has 0 N–H and O–H groups in total. The van der Waals surface area contributed by atoms with Gasteiger partial charge < -0.3 is 13.7 Å². The van der Waals surface area contributed by atoms with E-state index in [1.807, 2.05) is 43.4 Å². The van der Waals surface area contributed by atoms with Crippen LogP contribution in [-0.4, -0.2) is 12.8 Å². The Balaban J connectivity index is 1.14. The molecule has 0 fully saturated rings. The van der Waals surface area contributed by atoms with Gasteiger partial charge in [0.25, 0.3) is 0 Å². The van der Waals surface area contributed by atoms with E-state index in [0.29, 0.717) is 0 Å². The number of fused-ring (bicyclic) bond motifs is 5. The molecule has 0 saturated carbocycles. The van der Waals surface area contributed by atoms with E-state index in [9.17, 15) is 0 Å². The van der Waals surface area contributed by atoms with E-state index in [-0.39, 0.29) is 0 Å². The van der Waals surface area contributed by atoms with Gasteiger partial charge in [0.2, 0.25) is 0 Å². The van der Waals surface area contributed by atoms with Gasteiger partial charge in [-0.1, -0.05) is 133 Å². The zero-order valence-corrected chi connectivity index (χ0v) is 30.5. The van der Waals surface area contributed by atoms with Crippen LogP contribution in [0.4, 0.5) is 5.69 Å². The molecule has 0 radical (unpaired) electrons. The summed E-state index contributed by atoms with van der Waals surface area (Å²) < 4.78 is 12.7. The van der Waals surface area contributed by atoms with Crippen molar-refractivity contribution in [1.29, 1.82) is 0 Å². The topological polar surface area (TPSA) is 41.9 Å². The maximum atomic E-state index is 6.62. The van der Waals surface area contributed by atoms with Crippen LogP contribution in [0.2, 0.25) is 0 Å². The van der Waals surface area contributed by atoms with E-state index in [1.54, 1.807) is 0 Å². The maximum absolute atomic E-state index is 6.62. The number of aliphatic imine (C=N–C) groups is 1. The third-order valence-electron chi connectivity index (χ3n) is 10.6. The Bertz CT molecular complexity index is 3110. The van der Waals surface area contributed by atoms with Crippen LogP contribution >= 0.6 is 0 Å². The van der Waals surface area contributed by atoms with Crippen molar-refractivity contribution in [1.82, 2.24) is 0 Å². The lowest BCUT2D eigenvalue weighted by Gasteiger charge is -2.28. The van der Waals surface area contributed by atoms with Gasteiger partial charge in [-0.05, 0) is 88.8 Å². The molecule has 0 unspecified atom stereocenters. The van der Waals surface area contributed by atoms with Crippen molar-refractivity contribution >= 4 is 56.2 Å². The summed E-state index contributed by atoms with van der Waals surface area (Å²) in [5.74, 6) is 0.835. The highest BCUT2D eigenvalue weighted by Gasteiger charge is 2.24. The van der Waals surface area contributed by atoms with Crippen molar-refractivity contribution in [2.24, 2.45) is 4.99 Å². The number of rotatable bonds is 5. The van der Waals surface area contributed by atoms with Crippen LogP contribution in [0.25, 0.3) is 78.2 Å².